The Hall–Kier alpha value is -4.54. The Bertz CT molecular complexity index is 1830. The minimum atomic E-state index is -1.02. The van der Waals surface area contributed by atoms with E-state index in [1.807, 2.05) is 4.57 Å². The molecule has 0 bridgehead atoms. The van der Waals surface area contributed by atoms with Gasteiger partial charge in [-0.3, -0.25) is 4.79 Å². The molecule has 0 radical (unpaired) electrons. The fourth-order valence-corrected chi connectivity index (χ4v) is 4.82. The first-order valence-corrected chi connectivity index (χ1v) is 13.3. The Balaban J connectivity index is 1.24. The number of aromatic carboxylic acids is 1. The highest BCUT2D eigenvalue weighted by Crippen LogP contribution is 2.24. The quantitative estimate of drug-likeness (QED) is 0.259. The Morgan fingerprint density at radius 1 is 1.12 bits per heavy atom. The molecule has 208 valence electrons. The molecule has 41 heavy (non-hydrogen) atoms. The Kier molecular flexibility index (Phi) is 7.25. The summed E-state index contributed by atoms with van der Waals surface area (Å²) < 4.78 is 28.9. The van der Waals surface area contributed by atoms with Crippen molar-refractivity contribution < 1.29 is 23.8 Å². The number of benzene rings is 2. The van der Waals surface area contributed by atoms with Crippen molar-refractivity contribution >= 4 is 28.6 Å². The van der Waals surface area contributed by atoms with Gasteiger partial charge in [0, 0.05) is 41.1 Å². The first kappa shape index (κ1) is 26.7. The molecule has 1 aliphatic rings. The van der Waals surface area contributed by atoms with Crippen LogP contribution in [-0.2, 0) is 24.4 Å². The van der Waals surface area contributed by atoms with E-state index in [-0.39, 0.29) is 36.3 Å². The first-order chi connectivity index (χ1) is 19.8. The predicted molar refractivity (Wildman–Crippen MR) is 150 cm³/mol. The van der Waals surface area contributed by atoms with E-state index < -0.39 is 11.8 Å². The topological polar surface area (TPSA) is 108 Å². The SMILES string of the molecule is O=C(O)c1ccc2nc(Cn3ccc(-c4cccc(OCc5ccc(Cl)cc5F)n4)cc3=O)n(CC3CCO3)c2c1. The van der Waals surface area contributed by atoms with Crippen LogP contribution in [0.15, 0.2) is 77.7 Å². The lowest BCUT2D eigenvalue weighted by Gasteiger charge is -2.27. The van der Waals surface area contributed by atoms with Crippen molar-refractivity contribution in [1.29, 1.82) is 0 Å². The van der Waals surface area contributed by atoms with E-state index in [9.17, 15) is 19.1 Å². The molecule has 5 aromatic rings. The number of rotatable bonds is 9. The van der Waals surface area contributed by atoms with Crippen molar-refractivity contribution in [1.82, 2.24) is 19.1 Å². The summed E-state index contributed by atoms with van der Waals surface area (Å²) in [6, 6.07) is 17.6. The van der Waals surface area contributed by atoms with Crippen LogP contribution in [0.3, 0.4) is 0 Å². The molecule has 2 aromatic carbocycles. The summed E-state index contributed by atoms with van der Waals surface area (Å²) in [4.78, 5) is 33.9. The zero-order chi connectivity index (χ0) is 28.5. The molecule has 0 spiro atoms. The van der Waals surface area contributed by atoms with Crippen LogP contribution in [0.5, 0.6) is 5.88 Å². The molecule has 11 heteroatoms. The van der Waals surface area contributed by atoms with Gasteiger partial charge in [-0.25, -0.2) is 19.2 Å². The third-order valence-electron chi connectivity index (χ3n) is 6.97. The maximum atomic E-state index is 14.1. The number of aromatic nitrogens is 4. The normalized spacial score (nSPS) is 14.6. The van der Waals surface area contributed by atoms with E-state index >= 15 is 0 Å². The molecule has 0 amide bonds. The summed E-state index contributed by atoms with van der Waals surface area (Å²) in [5, 5.41) is 9.76. The third-order valence-corrected chi connectivity index (χ3v) is 7.21. The number of hydrogen-bond acceptors (Lipinski definition) is 6. The lowest BCUT2D eigenvalue weighted by Crippen LogP contribution is -2.32. The van der Waals surface area contributed by atoms with Crippen LogP contribution in [-0.4, -0.2) is 42.9 Å². The van der Waals surface area contributed by atoms with Crippen LogP contribution in [0.25, 0.3) is 22.3 Å². The van der Waals surface area contributed by atoms with E-state index in [2.05, 4.69) is 4.98 Å². The van der Waals surface area contributed by atoms with Crippen LogP contribution >= 0.6 is 11.6 Å². The van der Waals surface area contributed by atoms with Crippen molar-refractivity contribution in [3.05, 3.63) is 111 Å². The summed E-state index contributed by atoms with van der Waals surface area (Å²) in [7, 11) is 0. The van der Waals surface area contributed by atoms with E-state index in [0.717, 1.165) is 6.42 Å². The second-order valence-electron chi connectivity index (χ2n) is 9.70. The molecule has 1 saturated heterocycles. The van der Waals surface area contributed by atoms with Gasteiger partial charge in [0.25, 0.3) is 5.56 Å². The maximum absolute atomic E-state index is 14.1. The number of carbonyl (C=O) groups is 1. The minimum absolute atomic E-state index is 0.00971. The lowest BCUT2D eigenvalue weighted by molar-refractivity contribution is -0.0590. The Morgan fingerprint density at radius 2 is 1.98 bits per heavy atom. The Labute approximate surface area is 238 Å². The van der Waals surface area contributed by atoms with Gasteiger partial charge in [0.1, 0.15) is 18.2 Å². The second kappa shape index (κ2) is 11.1. The van der Waals surface area contributed by atoms with Gasteiger partial charge in [-0.05, 0) is 48.9 Å². The molecular formula is C30H24ClFN4O5. The Morgan fingerprint density at radius 3 is 2.71 bits per heavy atom. The highest BCUT2D eigenvalue weighted by Gasteiger charge is 2.23. The lowest BCUT2D eigenvalue weighted by atomic mass is 10.1. The van der Waals surface area contributed by atoms with Gasteiger partial charge in [-0.15, -0.1) is 0 Å². The fraction of sp³-hybridized carbons (Fsp3) is 0.200. The van der Waals surface area contributed by atoms with Gasteiger partial charge in [0.05, 0.1) is 41.5 Å². The number of fused-ring (bicyclic) bond motifs is 1. The highest BCUT2D eigenvalue weighted by atomic mass is 35.5. The number of ether oxygens (including phenoxy) is 2. The molecule has 1 unspecified atom stereocenters. The molecule has 6 rings (SSSR count). The summed E-state index contributed by atoms with van der Waals surface area (Å²) in [5.41, 5.74) is 2.70. The molecule has 0 aliphatic carbocycles. The molecule has 0 saturated carbocycles. The number of imidazole rings is 1. The van der Waals surface area contributed by atoms with E-state index in [4.69, 9.17) is 26.1 Å². The number of nitrogens with zero attached hydrogens (tertiary/aromatic N) is 4. The van der Waals surface area contributed by atoms with Crippen LogP contribution in [0.2, 0.25) is 5.02 Å². The first-order valence-electron chi connectivity index (χ1n) is 12.9. The molecule has 4 heterocycles. The van der Waals surface area contributed by atoms with Gasteiger partial charge >= 0.3 is 5.97 Å². The number of hydrogen-bond donors (Lipinski definition) is 1. The third kappa shape index (κ3) is 5.70. The number of carboxylic acids is 1. The fourth-order valence-electron chi connectivity index (χ4n) is 4.66. The van der Waals surface area contributed by atoms with Crippen LogP contribution in [0.1, 0.15) is 28.2 Å². The second-order valence-corrected chi connectivity index (χ2v) is 10.1. The minimum Gasteiger partial charge on any atom is -0.478 e. The molecule has 1 aliphatic heterocycles. The molecule has 1 atom stereocenters. The summed E-state index contributed by atoms with van der Waals surface area (Å²) in [6.07, 6.45) is 2.58. The number of halogens is 2. The van der Waals surface area contributed by atoms with Gasteiger partial charge in [-0.2, -0.15) is 0 Å². The molecule has 1 fully saturated rings. The average molecular weight is 575 g/mol. The van der Waals surface area contributed by atoms with Crippen molar-refractivity contribution in [3.63, 3.8) is 0 Å². The maximum Gasteiger partial charge on any atom is 0.335 e. The number of pyridine rings is 2. The van der Waals surface area contributed by atoms with Crippen molar-refractivity contribution in [2.45, 2.75) is 32.2 Å². The van der Waals surface area contributed by atoms with E-state index in [1.165, 1.54) is 22.8 Å². The van der Waals surface area contributed by atoms with Crippen LogP contribution in [0, 0.1) is 5.82 Å². The van der Waals surface area contributed by atoms with Crippen molar-refractivity contribution in [3.8, 4) is 17.1 Å². The van der Waals surface area contributed by atoms with Crippen LogP contribution in [0.4, 0.5) is 4.39 Å². The predicted octanol–water partition coefficient (Wildman–Crippen LogP) is 5.17. The summed E-state index contributed by atoms with van der Waals surface area (Å²) in [6.45, 7) is 1.36. The monoisotopic (exact) mass is 574 g/mol. The molecule has 3 aromatic heterocycles. The van der Waals surface area contributed by atoms with E-state index in [0.29, 0.717) is 51.9 Å². The zero-order valence-electron chi connectivity index (χ0n) is 21.7. The van der Waals surface area contributed by atoms with Gasteiger partial charge in [0.2, 0.25) is 5.88 Å². The van der Waals surface area contributed by atoms with Gasteiger partial charge in [0.15, 0.2) is 0 Å². The molecule has 9 nitrogen and oxygen atoms in total. The number of carboxylic acid groups (broad SMARTS) is 1. The summed E-state index contributed by atoms with van der Waals surface area (Å²) >= 11 is 5.81. The standard InChI is InChI=1S/C30H24ClFN4O5/c31-21-6-4-20(23(32)14-21)17-41-28-3-1-2-24(34-28)18-8-10-35(29(37)13-18)16-27-33-25-7-5-19(30(38)39)12-26(25)36(27)15-22-9-11-40-22/h1-8,10,12-14,22H,9,11,15-17H2,(H,38,39). The van der Waals surface area contributed by atoms with Crippen molar-refractivity contribution in [2.75, 3.05) is 6.61 Å². The summed E-state index contributed by atoms with van der Waals surface area (Å²) in [5.74, 6) is -0.578. The van der Waals surface area contributed by atoms with Crippen LogP contribution < -0.4 is 10.3 Å². The smallest absolute Gasteiger partial charge is 0.335 e. The highest BCUT2D eigenvalue weighted by molar-refractivity contribution is 6.30. The van der Waals surface area contributed by atoms with Gasteiger partial charge < -0.3 is 23.7 Å². The zero-order valence-corrected chi connectivity index (χ0v) is 22.4. The van der Waals surface area contributed by atoms with Crippen molar-refractivity contribution in [2.24, 2.45) is 0 Å². The molecular weight excluding hydrogens is 551 g/mol. The largest absolute Gasteiger partial charge is 0.478 e. The molecule has 1 N–H and O–H groups in total. The van der Waals surface area contributed by atoms with E-state index in [1.54, 1.807) is 54.7 Å². The van der Waals surface area contributed by atoms with Gasteiger partial charge in [-0.1, -0.05) is 23.7 Å². The average Bonchev–Trinajstić information content (AvgIpc) is 3.27.